The van der Waals surface area contributed by atoms with Gasteiger partial charge in [-0.1, -0.05) is 30.0 Å². The fourth-order valence-electron chi connectivity index (χ4n) is 3.78. The van der Waals surface area contributed by atoms with E-state index in [1.165, 1.54) is 17.8 Å². The minimum absolute atomic E-state index is 0.0570. The quantitative estimate of drug-likeness (QED) is 0.736. The van der Waals surface area contributed by atoms with Gasteiger partial charge >= 0.3 is 0 Å². The number of ether oxygens (including phenoxy) is 2. The summed E-state index contributed by atoms with van der Waals surface area (Å²) in [6.45, 7) is 0.291. The van der Waals surface area contributed by atoms with Crippen LogP contribution in [0.4, 0.5) is 10.1 Å². The van der Waals surface area contributed by atoms with Gasteiger partial charge in [0.1, 0.15) is 17.3 Å². The molecule has 1 saturated heterocycles. The summed E-state index contributed by atoms with van der Waals surface area (Å²) < 4.78 is 25.1. The SMILES string of the molecule is COc1ccc(N2CSC3=C(C#N)[C@H](c4ccccc4F)CC(=O)N3C2)c(OC)c1. The van der Waals surface area contributed by atoms with Crippen LogP contribution in [0.1, 0.15) is 17.9 Å². The molecule has 0 bridgehead atoms. The zero-order valence-electron chi connectivity index (χ0n) is 16.6. The second-order valence-corrected chi connectivity index (χ2v) is 7.86. The first-order valence-electron chi connectivity index (χ1n) is 9.36. The van der Waals surface area contributed by atoms with Crippen LogP contribution in [-0.2, 0) is 4.79 Å². The second-order valence-electron chi connectivity index (χ2n) is 6.92. The molecule has 2 aromatic rings. The molecule has 2 aliphatic rings. The van der Waals surface area contributed by atoms with Gasteiger partial charge in [0.2, 0.25) is 5.91 Å². The van der Waals surface area contributed by atoms with Crippen molar-refractivity contribution in [3.8, 4) is 17.6 Å². The summed E-state index contributed by atoms with van der Waals surface area (Å²) in [5, 5.41) is 10.4. The molecule has 0 unspecified atom stereocenters. The third kappa shape index (κ3) is 3.46. The number of methoxy groups -OCH3 is 2. The highest BCUT2D eigenvalue weighted by molar-refractivity contribution is 8.03. The Morgan fingerprint density at radius 3 is 2.70 bits per heavy atom. The number of nitrogens with zero attached hydrogens (tertiary/aromatic N) is 3. The number of carbonyl (C=O) groups is 1. The van der Waals surface area contributed by atoms with Crippen LogP contribution in [0.3, 0.4) is 0 Å². The van der Waals surface area contributed by atoms with E-state index < -0.39 is 11.7 Å². The van der Waals surface area contributed by atoms with Gasteiger partial charge in [0, 0.05) is 18.4 Å². The highest BCUT2D eigenvalue weighted by Crippen LogP contribution is 2.45. The first kappa shape index (κ1) is 20.1. The largest absolute Gasteiger partial charge is 0.497 e. The van der Waals surface area contributed by atoms with Crippen molar-refractivity contribution in [3.05, 3.63) is 64.4 Å². The Bertz CT molecular complexity index is 1070. The van der Waals surface area contributed by atoms with Crippen molar-refractivity contribution in [2.75, 3.05) is 31.7 Å². The fourth-order valence-corrected chi connectivity index (χ4v) is 4.94. The second kappa shape index (κ2) is 8.28. The maximum Gasteiger partial charge on any atom is 0.229 e. The van der Waals surface area contributed by atoms with Gasteiger partial charge < -0.3 is 14.4 Å². The molecule has 2 aliphatic heterocycles. The average molecular weight is 425 g/mol. The van der Waals surface area contributed by atoms with Gasteiger partial charge in [0.05, 0.1) is 49.1 Å². The highest BCUT2D eigenvalue weighted by Gasteiger charge is 2.39. The molecule has 0 aliphatic carbocycles. The number of benzene rings is 2. The van der Waals surface area contributed by atoms with Crippen LogP contribution >= 0.6 is 11.8 Å². The zero-order chi connectivity index (χ0) is 21.3. The summed E-state index contributed by atoms with van der Waals surface area (Å²) in [6.07, 6.45) is 0.0570. The fraction of sp³-hybridized carbons (Fsp3) is 0.273. The topological polar surface area (TPSA) is 65.8 Å². The molecule has 0 saturated carbocycles. The van der Waals surface area contributed by atoms with Crippen LogP contribution in [0.15, 0.2) is 53.1 Å². The molecule has 2 aromatic carbocycles. The number of hydrogen-bond donors (Lipinski definition) is 0. The van der Waals surface area contributed by atoms with E-state index in [1.807, 2.05) is 17.0 Å². The van der Waals surface area contributed by atoms with Crippen molar-refractivity contribution in [2.45, 2.75) is 12.3 Å². The van der Waals surface area contributed by atoms with Gasteiger partial charge in [-0.05, 0) is 23.8 Å². The summed E-state index contributed by atoms with van der Waals surface area (Å²) in [4.78, 5) is 16.6. The summed E-state index contributed by atoms with van der Waals surface area (Å²) in [6, 6.07) is 14.1. The number of nitriles is 1. The standard InChI is InChI=1S/C22H20FN3O3S/c1-28-14-7-8-19(20(9-14)29-2)25-12-26-21(27)10-16(15-5-3-4-6-18(15)23)17(11-24)22(26)30-13-25/h3-9,16H,10,12-13H2,1-2H3/t16-/m0/s1. The Hall–Kier alpha value is -3.18. The Labute approximate surface area is 178 Å². The van der Waals surface area contributed by atoms with Crippen LogP contribution in [0.2, 0.25) is 0 Å². The minimum atomic E-state index is -0.565. The van der Waals surface area contributed by atoms with Gasteiger partial charge in [0.25, 0.3) is 0 Å². The number of fused-ring (bicyclic) bond motifs is 1. The lowest BCUT2D eigenvalue weighted by molar-refractivity contribution is -0.129. The van der Waals surface area contributed by atoms with Crippen molar-refractivity contribution >= 4 is 23.4 Å². The van der Waals surface area contributed by atoms with Crippen molar-refractivity contribution in [1.29, 1.82) is 5.26 Å². The van der Waals surface area contributed by atoms with Crippen molar-refractivity contribution in [3.63, 3.8) is 0 Å². The average Bonchev–Trinajstić information content (AvgIpc) is 2.78. The van der Waals surface area contributed by atoms with E-state index in [2.05, 4.69) is 6.07 Å². The third-order valence-electron chi connectivity index (χ3n) is 5.30. The number of carbonyl (C=O) groups excluding carboxylic acids is 1. The Morgan fingerprint density at radius 2 is 2.00 bits per heavy atom. The molecule has 30 heavy (non-hydrogen) atoms. The smallest absolute Gasteiger partial charge is 0.229 e. The van der Waals surface area contributed by atoms with Crippen molar-refractivity contribution in [1.82, 2.24) is 4.90 Å². The normalized spacial score (nSPS) is 18.7. The first-order valence-corrected chi connectivity index (χ1v) is 10.3. The number of anilines is 1. The molecule has 0 aromatic heterocycles. The summed E-state index contributed by atoms with van der Waals surface area (Å²) in [7, 11) is 3.17. The van der Waals surface area contributed by atoms with E-state index in [-0.39, 0.29) is 12.3 Å². The van der Waals surface area contributed by atoms with Crippen molar-refractivity contribution in [2.24, 2.45) is 0 Å². The molecule has 1 atom stereocenters. The zero-order valence-corrected chi connectivity index (χ0v) is 17.4. The summed E-state index contributed by atoms with van der Waals surface area (Å²) in [5.74, 6) is 0.733. The summed E-state index contributed by atoms with van der Waals surface area (Å²) in [5.41, 5.74) is 1.65. The molecule has 1 amide bonds. The number of thioether (sulfide) groups is 1. The lowest BCUT2D eigenvalue weighted by atomic mass is 9.86. The van der Waals surface area contributed by atoms with E-state index in [1.54, 1.807) is 43.4 Å². The van der Waals surface area contributed by atoms with Gasteiger partial charge in [-0.15, -0.1) is 0 Å². The molecule has 4 rings (SSSR count). The van der Waals surface area contributed by atoms with Crippen LogP contribution in [-0.4, -0.2) is 37.6 Å². The molecule has 154 valence electrons. The molecule has 8 heteroatoms. The van der Waals surface area contributed by atoms with Gasteiger partial charge in [0.15, 0.2) is 0 Å². The van der Waals surface area contributed by atoms with Crippen LogP contribution in [0, 0.1) is 17.1 Å². The minimum Gasteiger partial charge on any atom is -0.497 e. The van der Waals surface area contributed by atoms with Gasteiger partial charge in [-0.2, -0.15) is 5.26 Å². The highest BCUT2D eigenvalue weighted by atomic mass is 32.2. The molecular weight excluding hydrogens is 405 g/mol. The molecule has 6 nitrogen and oxygen atoms in total. The molecular formula is C22H20FN3O3S. The van der Waals surface area contributed by atoms with E-state index >= 15 is 0 Å². The monoisotopic (exact) mass is 425 g/mol. The summed E-state index contributed by atoms with van der Waals surface area (Å²) >= 11 is 1.40. The molecule has 1 fully saturated rings. The number of amides is 1. The van der Waals surface area contributed by atoms with Crippen LogP contribution in [0.5, 0.6) is 11.5 Å². The number of halogens is 1. The molecule has 0 N–H and O–H groups in total. The van der Waals surface area contributed by atoms with Crippen LogP contribution < -0.4 is 14.4 Å². The Balaban J connectivity index is 1.68. The number of rotatable bonds is 4. The van der Waals surface area contributed by atoms with E-state index in [0.717, 1.165) is 5.69 Å². The van der Waals surface area contributed by atoms with E-state index in [0.29, 0.717) is 40.2 Å². The maximum atomic E-state index is 14.4. The lowest BCUT2D eigenvalue weighted by Gasteiger charge is -2.42. The van der Waals surface area contributed by atoms with Gasteiger partial charge in [-0.3, -0.25) is 9.69 Å². The number of allylic oxidation sites excluding steroid dienone is 1. The van der Waals surface area contributed by atoms with Crippen molar-refractivity contribution < 1.29 is 18.7 Å². The Morgan fingerprint density at radius 1 is 1.20 bits per heavy atom. The van der Waals surface area contributed by atoms with E-state index in [9.17, 15) is 14.4 Å². The number of hydrogen-bond acceptors (Lipinski definition) is 6. The van der Waals surface area contributed by atoms with Crippen LogP contribution in [0.25, 0.3) is 0 Å². The predicted octanol–water partition coefficient (Wildman–Crippen LogP) is 4.06. The lowest BCUT2D eigenvalue weighted by Crippen LogP contribution is -2.47. The van der Waals surface area contributed by atoms with Gasteiger partial charge in [-0.25, -0.2) is 4.39 Å². The molecule has 0 radical (unpaired) electrons. The third-order valence-corrected chi connectivity index (χ3v) is 6.46. The first-order chi connectivity index (χ1) is 14.6. The predicted molar refractivity (Wildman–Crippen MR) is 113 cm³/mol. The van der Waals surface area contributed by atoms with E-state index in [4.69, 9.17) is 9.47 Å². The molecule has 2 heterocycles. The Kier molecular flexibility index (Phi) is 5.55. The molecule has 0 spiro atoms. The maximum absolute atomic E-state index is 14.4.